The molecule has 31 heteroatoms. The van der Waals surface area contributed by atoms with Crippen molar-refractivity contribution in [2.24, 2.45) is 0 Å². The zero-order chi connectivity index (χ0) is 92.7. The monoisotopic (exact) mass is 2040 g/mol. The van der Waals surface area contributed by atoms with Gasteiger partial charge in [-0.05, 0) is 42.9 Å². The minimum Gasteiger partial charge on any atom is -0.520 e. The number of carbonyl (C=O) groups excluding carboxylic acids is 5. The van der Waals surface area contributed by atoms with E-state index in [0.29, 0.717) is 6.04 Å². The van der Waals surface area contributed by atoms with Crippen molar-refractivity contribution >= 4 is 154 Å². The Kier molecular flexibility index (Phi) is 155. The molecule has 4 heterocycles. The zero-order valence-electron chi connectivity index (χ0n) is 77.7. The Balaban J connectivity index is -0.0000000969. The van der Waals surface area contributed by atoms with Gasteiger partial charge < -0.3 is 44.2 Å². The largest absolute Gasteiger partial charge is 0.520 e. The molecule has 0 spiro atoms. The number of rotatable bonds is 10. The molecule has 15 nitrogen and oxygen atoms in total. The van der Waals surface area contributed by atoms with Crippen LogP contribution in [-0.2, 0) is 123 Å². The number of aliphatic carboxylic acids is 1. The van der Waals surface area contributed by atoms with Gasteiger partial charge in [0.15, 0.2) is 0 Å². The number of hydrogen-bond donors (Lipinski definition) is 2. The molecule has 4 fully saturated rings. The molecule has 4 aliphatic rings. The SMILES string of the molecule is C.CC.CC.CC.CC(=O)N1CC(N2CCN([C-]=O)CC2)C1.CC(=O)O.CCC.CCCc1ccccc1.CCCc1ccccc1.CCCc1ccccc1.COC(C)=O.COC(C)=O.O=[C-]N1CCN(C2CNC2)CC1.P.PP.PP(P)P.PPP.[B]B([B])[B].[Y].[Y].c1ccccc1.c1ccccc1.c1ccccc1.c1ccccc1.c1ccccc1. The molecule has 0 bridgehead atoms. The molecule has 4 aliphatic heterocycles. The summed E-state index contributed by atoms with van der Waals surface area (Å²) in [6, 6.07) is 92.9. The Morgan fingerprint density at radius 2 is 0.589 bits per heavy atom. The summed E-state index contributed by atoms with van der Waals surface area (Å²) in [7, 11) is 35.4. The number of esters is 2. The summed E-state index contributed by atoms with van der Waals surface area (Å²) in [6.45, 7) is 39.4. The molecule has 8 atom stereocenters. The number of amides is 3. The van der Waals surface area contributed by atoms with E-state index in [2.05, 4.69) is 236 Å². The number of carboxylic acids is 1. The number of ether oxygens (including phenoxy) is 2. The Morgan fingerprint density at radius 1 is 0.435 bits per heavy atom. The maximum Gasteiger partial charge on any atom is 0.302 e. The third-order valence-corrected chi connectivity index (χ3v) is 14.0. The number of methoxy groups -OCH3 is 2. The van der Waals surface area contributed by atoms with Gasteiger partial charge in [-0.25, -0.2) is 0 Å². The van der Waals surface area contributed by atoms with Crippen LogP contribution in [0.15, 0.2) is 273 Å². The molecule has 8 unspecified atom stereocenters. The van der Waals surface area contributed by atoms with E-state index in [1.54, 1.807) is 16.7 Å². The Morgan fingerprint density at radius 3 is 0.710 bits per heavy atom. The van der Waals surface area contributed by atoms with E-state index in [1.807, 2.05) is 241 Å². The first-order valence-corrected chi connectivity index (χ1v) is 54.4. The second kappa shape index (κ2) is 129. The maximum atomic E-state index is 11.0. The van der Waals surface area contributed by atoms with Crippen LogP contribution in [0.4, 0.5) is 0 Å². The second-order valence-corrected chi connectivity index (χ2v) is 39.9. The molecular formula is C93H160B4N6O9P10Y2-2. The number of carbonyl (C=O) groups is 4. The minimum absolute atomic E-state index is 0. The van der Waals surface area contributed by atoms with Crippen molar-refractivity contribution in [1.29, 1.82) is 0 Å². The summed E-state index contributed by atoms with van der Waals surface area (Å²) in [5, 5.41) is 10.7. The van der Waals surface area contributed by atoms with Crippen LogP contribution >= 0.6 is 87.3 Å². The van der Waals surface area contributed by atoms with E-state index < -0.39 is 12.4 Å². The first kappa shape index (κ1) is 150. The van der Waals surface area contributed by atoms with Crippen LogP contribution in [0, 0.1) is 0 Å². The Bertz CT molecular complexity index is 2780. The fourth-order valence-corrected chi connectivity index (χ4v) is 8.56. The van der Waals surface area contributed by atoms with Crippen LogP contribution in [0.5, 0.6) is 0 Å². The average molecular weight is 2040 g/mol. The third kappa shape index (κ3) is 128. The predicted molar refractivity (Wildman–Crippen MR) is 577 cm³/mol. The van der Waals surface area contributed by atoms with E-state index in [4.69, 9.17) is 9.90 Å². The number of benzene rings is 8. The molecule has 3 amide bonds. The summed E-state index contributed by atoms with van der Waals surface area (Å²) in [5.74, 6) is -1.17. The molecule has 4 saturated heterocycles. The molecule has 8 aromatic carbocycles. The molecule has 686 valence electrons. The fourth-order valence-electron chi connectivity index (χ4n) is 8.56. The van der Waals surface area contributed by atoms with Crippen LogP contribution in [0.1, 0.15) is 154 Å². The van der Waals surface area contributed by atoms with Gasteiger partial charge in [0.2, 0.25) is 5.91 Å². The van der Waals surface area contributed by atoms with E-state index >= 15 is 0 Å². The molecule has 0 saturated carbocycles. The first-order valence-electron chi connectivity index (χ1n) is 40.9. The summed E-state index contributed by atoms with van der Waals surface area (Å²) in [4.78, 5) is 69.9. The predicted octanol–water partition coefficient (Wildman–Crippen LogP) is 21.7. The quantitative estimate of drug-likeness (QED) is 0.0576. The molecule has 2 N–H and O–H groups in total. The van der Waals surface area contributed by atoms with Gasteiger partial charge in [0.25, 0.3) is 5.97 Å². The van der Waals surface area contributed by atoms with Gasteiger partial charge in [0, 0.05) is 213 Å². The maximum absolute atomic E-state index is 11.0. The van der Waals surface area contributed by atoms with Crippen molar-refractivity contribution in [3.8, 4) is 0 Å². The van der Waals surface area contributed by atoms with E-state index in [1.165, 1.54) is 89.7 Å². The van der Waals surface area contributed by atoms with Gasteiger partial charge in [0.1, 0.15) is 0 Å². The second-order valence-electron chi connectivity index (χ2n) is 23.9. The van der Waals surface area contributed by atoms with Gasteiger partial charge in [-0.2, -0.15) is 22.7 Å². The molecule has 0 aromatic heterocycles. The van der Waals surface area contributed by atoms with Crippen molar-refractivity contribution in [3.63, 3.8) is 0 Å². The summed E-state index contributed by atoms with van der Waals surface area (Å²) < 4.78 is 8.22. The van der Waals surface area contributed by atoms with E-state index in [9.17, 15) is 24.0 Å². The van der Waals surface area contributed by atoms with Crippen LogP contribution < -0.4 is 5.32 Å². The van der Waals surface area contributed by atoms with Gasteiger partial charge in [0.05, 0.1) is 14.2 Å². The number of nitrogens with one attached hydrogen (secondary N) is 1. The van der Waals surface area contributed by atoms with Crippen molar-refractivity contribution < 1.29 is 109 Å². The van der Waals surface area contributed by atoms with Crippen LogP contribution in [-0.4, -0.2) is 201 Å². The Labute approximate surface area is 835 Å². The smallest absolute Gasteiger partial charge is 0.302 e. The van der Waals surface area contributed by atoms with Crippen molar-refractivity contribution in [2.75, 3.05) is 92.8 Å². The number of carboxylic acid groups (broad SMARTS) is 1. The molecule has 8 aromatic rings. The summed E-state index contributed by atoms with van der Waals surface area (Å²) in [5.41, 5.74) is 4.33. The normalized spacial score (nSPS) is 11.2. The molecular weight excluding hydrogens is 1880 g/mol. The topological polar surface area (TPSA) is 169 Å². The fraction of sp³-hybridized carbons (Fsp3) is 0.419. The van der Waals surface area contributed by atoms with Crippen molar-refractivity contribution in [1.82, 2.24) is 29.8 Å². The number of aryl methyl sites for hydroxylation is 3. The first-order chi connectivity index (χ1) is 58.0. The molecule has 12 rings (SSSR count). The number of likely N-dealkylation sites (tertiary alicyclic amines) is 1. The van der Waals surface area contributed by atoms with Gasteiger partial charge in [-0.1, -0.05) is 390 Å². The van der Waals surface area contributed by atoms with Crippen molar-refractivity contribution in [2.45, 2.75) is 168 Å². The van der Waals surface area contributed by atoms with Gasteiger partial charge in [-0.3, -0.25) is 29.0 Å². The van der Waals surface area contributed by atoms with E-state index in [0.717, 1.165) is 99.5 Å². The van der Waals surface area contributed by atoms with Crippen molar-refractivity contribution in [3.05, 3.63) is 290 Å². The minimum atomic E-state index is -0.833. The molecule has 8 radical (unpaired) electrons. The molecule has 0 aliphatic carbocycles. The molecule has 124 heavy (non-hydrogen) atoms. The van der Waals surface area contributed by atoms with Gasteiger partial charge in [-0.15, -0.1) is 62.5 Å². The van der Waals surface area contributed by atoms with Gasteiger partial charge >= 0.3 is 11.9 Å². The summed E-state index contributed by atoms with van der Waals surface area (Å²) in [6.07, 6.45) is 11.8. The average Bonchev–Trinajstić information content (AvgIpc) is 0.817. The standard InChI is InChI=1S/C10H16N3O2.3C9H12.C8H14N3O.5C6H6.2C3H6O2.C3H8.C2H4O2.3C2H6.CH4.B4.H6P4.H5P3.H4P2.H3P.2Y/c1-9(15)13-6-10(7-13)12-4-2-11(8-14)3-5-12;3*1-2-6-9-7-4-3-5-8-9;12-7-10-1-3-11(4-2-10)8-5-9-6-8;5*1-2-4-6-5-3-1;2*1-3(4)5-2;1-3-2;1-2(3)4;3*1-2;;2*1-4(2)3;1-3-2;1-2;;;/h10H,2-7H2,1H3;3*3-5,7-8H,2,6H2,1H3;8-9H,1-6H2;5*1-6H;2*1-2H3;3H2,1-2H3;1H3,(H,3,4);3*1-2H3;1H4;;1-3H2;3H,1-2H2;1-2H2;1H3;;/q-1;;;;-1;;;;;;;;;;;;;;;;;;;;. The number of piperazine rings is 2. The van der Waals surface area contributed by atoms with E-state index in [-0.39, 0.29) is 108 Å². The van der Waals surface area contributed by atoms with Crippen LogP contribution in [0.2, 0.25) is 0 Å². The zero-order valence-corrected chi connectivity index (χ0v) is 94.7. The number of hydrogen-bond acceptors (Lipinski definition) is 11. The number of nitrogens with zero attached hydrogens (tertiary/aromatic N) is 5. The third-order valence-electron chi connectivity index (χ3n) is 14.0. The Hall–Kier alpha value is -2.77. The summed E-state index contributed by atoms with van der Waals surface area (Å²) >= 11 is 0. The van der Waals surface area contributed by atoms with Crippen LogP contribution in [0.3, 0.4) is 0 Å². The van der Waals surface area contributed by atoms with Crippen LogP contribution in [0.25, 0.3) is 0 Å².